The number of amides is 2. The summed E-state index contributed by atoms with van der Waals surface area (Å²) >= 11 is 0. The molecule has 104 valence electrons. The number of methoxy groups -OCH3 is 1. The molecule has 0 aliphatic carbocycles. The van der Waals surface area contributed by atoms with Gasteiger partial charge in [0.25, 0.3) is 0 Å². The maximum absolute atomic E-state index is 12.3. The standard InChI is InChI=1S/C13H24N2O3/c1-5-9(2)12-13(17)15(8-11(16)14-12)10(3)6-7-18-4/h9-10,12H,5-8H2,1-4H3,(H,14,16). The summed E-state index contributed by atoms with van der Waals surface area (Å²) in [5.74, 6) is 0.135. The first-order valence-electron chi connectivity index (χ1n) is 6.60. The smallest absolute Gasteiger partial charge is 0.246 e. The summed E-state index contributed by atoms with van der Waals surface area (Å²) in [7, 11) is 1.64. The van der Waals surface area contributed by atoms with Crippen molar-refractivity contribution in [2.45, 2.75) is 45.7 Å². The van der Waals surface area contributed by atoms with Crippen molar-refractivity contribution in [1.29, 1.82) is 0 Å². The zero-order valence-corrected chi connectivity index (χ0v) is 11.7. The minimum absolute atomic E-state index is 0.0348. The van der Waals surface area contributed by atoms with Crippen molar-refractivity contribution < 1.29 is 14.3 Å². The zero-order valence-electron chi connectivity index (χ0n) is 11.7. The van der Waals surface area contributed by atoms with E-state index in [1.54, 1.807) is 12.0 Å². The van der Waals surface area contributed by atoms with Gasteiger partial charge >= 0.3 is 0 Å². The average molecular weight is 256 g/mol. The monoisotopic (exact) mass is 256 g/mol. The lowest BCUT2D eigenvalue weighted by atomic mass is 9.95. The van der Waals surface area contributed by atoms with Crippen LogP contribution in [0.4, 0.5) is 0 Å². The Kier molecular flexibility index (Phi) is 5.59. The van der Waals surface area contributed by atoms with Crippen LogP contribution in [-0.4, -0.2) is 49.1 Å². The molecule has 1 aliphatic heterocycles. The van der Waals surface area contributed by atoms with E-state index in [0.717, 1.165) is 12.8 Å². The molecule has 2 amide bonds. The number of hydrogen-bond donors (Lipinski definition) is 1. The molecule has 1 heterocycles. The van der Waals surface area contributed by atoms with E-state index in [1.807, 2.05) is 20.8 Å². The lowest BCUT2D eigenvalue weighted by molar-refractivity contribution is -0.148. The molecule has 0 bridgehead atoms. The van der Waals surface area contributed by atoms with Crippen molar-refractivity contribution in [1.82, 2.24) is 10.2 Å². The molecule has 0 spiro atoms. The van der Waals surface area contributed by atoms with Gasteiger partial charge in [0.2, 0.25) is 11.8 Å². The molecule has 1 rings (SSSR count). The number of ether oxygens (including phenoxy) is 1. The second kappa shape index (κ2) is 6.73. The van der Waals surface area contributed by atoms with Crippen molar-refractivity contribution >= 4 is 11.8 Å². The van der Waals surface area contributed by atoms with Gasteiger partial charge in [-0.15, -0.1) is 0 Å². The van der Waals surface area contributed by atoms with Gasteiger partial charge in [-0.3, -0.25) is 9.59 Å². The Morgan fingerprint density at radius 2 is 2.11 bits per heavy atom. The maximum Gasteiger partial charge on any atom is 0.246 e. The lowest BCUT2D eigenvalue weighted by Crippen LogP contribution is -2.62. The third-order valence-corrected chi connectivity index (χ3v) is 3.66. The van der Waals surface area contributed by atoms with Crippen LogP contribution in [0.5, 0.6) is 0 Å². The zero-order chi connectivity index (χ0) is 13.7. The highest BCUT2D eigenvalue weighted by Crippen LogP contribution is 2.17. The number of piperazine rings is 1. The maximum atomic E-state index is 12.3. The second-order valence-electron chi connectivity index (χ2n) is 5.03. The summed E-state index contributed by atoms with van der Waals surface area (Å²) in [5, 5.41) is 2.80. The molecule has 1 aliphatic rings. The van der Waals surface area contributed by atoms with Gasteiger partial charge in [0, 0.05) is 19.8 Å². The fourth-order valence-corrected chi connectivity index (χ4v) is 2.13. The normalized spacial score (nSPS) is 23.8. The van der Waals surface area contributed by atoms with E-state index in [-0.39, 0.29) is 36.4 Å². The summed E-state index contributed by atoms with van der Waals surface area (Å²) in [6.45, 7) is 6.74. The van der Waals surface area contributed by atoms with E-state index in [1.165, 1.54) is 0 Å². The van der Waals surface area contributed by atoms with E-state index in [0.29, 0.717) is 6.61 Å². The largest absolute Gasteiger partial charge is 0.385 e. The van der Waals surface area contributed by atoms with Crippen molar-refractivity contribution in [3.05, 3.63) is 0 Å². The second-order valence-corrected chi connectivity index (χ2v) is 5.03. The van der Waals surface area contributed by atoms with Crippen molar-refractivity contribution in [2.24, 2.45) is 5.92 Å². The van der Waals surface area contributed by atoms with E-state index >= 15 is 0 Å². The molecular weight excluding hydrogens is 232 g/mol. The highest BCUT2D eigenvalue weighted by Gasteiger charge is 2.37. The minimum Gasteiger partial charge on any atom is -0.385 e. The minimum atomic E-state index is -0.374. The molecule has 0 saturated carbocycles. The van der Waals surface area contributed by atoms with E-state index in [2.05, 4.69) is 5.32 Å². The van der Waals surface area contributed by atoms with Crippen LogP contribution in [0, 0.1) is 5.92 Å². The summed E-state index contributed by atoms with van der Waals surface area (Å²) < 4.78 is 5.02. The molecule has 3 atom stereocenters. The first kappa shape index (κ1) is 15.0. The number of carbonyl (C=O) groups excluding carboxylic acids is 2. The Labute approximate surface area is 109 Å². The van der Waals surface area contributed by atoms with Gasteiger partial charge in [-0.25, -0.2) is 0 Å². The average Bonchev–Trinajstić information content (AvgIpc) is 2.37. The first-order valence-corrected chi connectivity index (χ1v) is 6.60. The molecule has 5 nitrogen and oxygen atoms in total. The van der Waals surface area contributed by atoms with Crippen molar-refractivity contribution in [3.63, 3.8) is 0 Å². The highest BCUT2D eigenvalue weighted by molar-refractivity contribution is 5.95. The third kappa shape index (κ3) is 3.45. The van der Waals surface area contributed by atoms with Crippen LogP contribution in [0.15, 0.2) is 0 Å². The van der Waals surface area contributed by atoms with Crippen LogP contribution in [0.3, 0.4) is 0 Å². The molecule has 0 radical (unpaired) electrons. The third-order valence-electron chi connectivity index (χ3n) is 3.66. The van der Waals surface area contributed by atoms with Crippen LogP contribution in [0.2, 0.25) is 0 Å². The number of nitrogens with zero attached hydrogens (tertiary/aromatic N) is 1. The molecule has 0 aromatic carbocycles. The van der Waals surface area contributed by atoms with Crippen LogP contribution in [-0.2, 0) is 14.3 Å². The Morgan fingerprint density at radius 3 is 2.67 bits per heavy atom. The fraction of sp³-hybridized carbons (Fsp3) is 0.846. The fourth-order valence-electron chi connectivity index (χ4n) is 2.13. The van der Waals surface area contributed by atoms with Crippen molar-refractivity contribution in [2.75, 3.05) is 20.3 Å². The Hall–Kier alpha value is -1.10. The van der Waals surface area contributed by atoms with Gasteiger partial charge in [-0.1, -0.05) is 20.3 Å². The van der Waals surface area contributed by atoms with E-state index in [9.17, 15) is 9.59 Å². The molecule has 1 fully saturated rings. The van der Waals surface area contributed by atoms with Gasteiger partial charge in [0.15, 0.2) is 0 Å². The van der Waals surface area contributed by atoms with Gasteiger partial charge in [-0.05, 0) is 19.3 Å². The molecule has 5 heteroatoms. The van der Waals surface area contributed by atoms with Gasteiger partial charge in [-0.2, -0.15) is 0 Å². The van der Waals surface area contributed by atoms with Gasteiger partial charge < -0.3 is 15.0 Å². The summed E-state index contributed by atoms with van der Waals surface area (Å²) in [6.07, 6.45) is 1.62. The van der Waals surface area contributed by atoms with E-state index in [4.69, 9.17) is 4.74 Å². The molecule has 0 aromatic rings. The van der Waals surface area contributed by atoms with Crippen LogP contribution < -0.4 is 5.32 Å². The number of nitrogens with one attached hydrogen (secondary N) is 1. The predicted molar refractivity (Wildman–Crippen MR) is 69.1 cm³/mol. The molecule has 1 saturated heterocycles. The summed E-state index contributed by atoms with van der Waals surface area (Å²) in [4.78, 5) is 25.7. The topological polar surface area (TPSA) is 58.6 Å². The van der Waals surface area contributed by atoms with E-state index < -0.39 is 0 Å². The van der Waals surface area contributed by atoms with Crippen LogP contribution in [0.1, 0.15) is 33.6 Å². The Balaban J connectivity index is 2.72. The van der Waals surface area contributed by atoms with Gasteiger partial charge in [0.05, 0.1) is 6.54 Å². The molecule has 0 aromatic heterocycles. The SMILES string of the molecule is CCC(C)C1NC(=O)CN(C(C)CCOC)C1=O. The van der Waals surface area contributed by atoms with Crippen molar-refractivity contribution in [3.8, 4) is 0 Å². The number of carbonyl (C=O) groups is 2. The quantitative estimate of drug-likeness (QED) is 0.764. The number of hydrogen-bond acceptors (Lipinski definition) is 3. The van der Waals surface area contributed by atoms with Gasteiger partial charge in [0.1, 0.15) is 6.04 Å². The first-order chi connectivity index (χ1) is 8.51. The predicted octanol–water partition coefficient (Wildman–Crippen LogP) is 0.784. The summed E-state index contributed by atoms with van der Waals surface area (Å²) in [5.41, 5.74) is 0. The van der Waals surface area contributed by atoms with Crippen LogP contribution >= 0.6 is 0 Å². The highest BCUT2D eigenvalue weighted by atomic mass is 16.5. The Bertz CT molecular complexity index is 307. The van der Waals surface area contributed by atoms with Crippen LogP contribution in [0.25, 0.3) is 0 Å². The number of rotatable bonds is 6. The Morgan fingerprint density at radius 1 is 1.44 bits per heavy atom. The molecule has 1 N–H and O–H groups in total. The summed E-state index contributed by atoms with van der Waals surface area (Å²) in [6, 6.07) is -0.337. The molecule has 18 heavy (non-hydrogen) atoms. The molecular formula is C13H24N2O3. The lowest BCUT2D eigenvalue weighted by Gasteiger charge is -2.38. The molecule has 3 unspecified atom stereocenters.